The van der Waals surface area contributed by atoms with E-state index in [4.69, 9.17) is 11.6 Å². The van der Waals surface area contributed by atoms with E-state index in [1.165, 1.54) is 5.56 Å². The first kappa shape index (κ1) is 16.6. The van der Waals surface area contributed by atoms with Gasteiger partial charge in [-0.3, -0.25) is 9.48 Å². The van der Waals surface area contributed by atoms with Crippen molar-refractivity contribution >= 4 is 17.5 Å². The van der Waals surface area contributed by atoms with E-state index in [1.807, 2.05) is 56.9 Å². The molecule has 0 bridgehead atoms. The molecular weight excluding hydrogens is 298 g/mol. The number of amides is 1. The molecule has 0 N–H and O–H groups in total. The molecule has 0 spiro atoms. The SMILES string of the molecule is Cc1nn(C)c(C)c1CCC(=O)N(C)Cc1ccccc1Cl. The van der Waals surface area contributed by atoms with Crippen LogP contribution < -0.4 is 0 Å². The van der Waals surface area contributed by atoms with Crippen molar-refractivity contribution in [3.8, 4) is 0 Å². The van der Waals surface area contributed by atoms with Crippen LogP contribution in [0, 0.1) is 13.8 Å². The summed E-state index contributed by atoms with van der Waals surface area (Å²) in [5.74, 6) is 0.113. The zero-order valence-electron chi connectivity index (χ0n) is 13.6. The number of aromatic nitrogens is 2. The van der Waals surface area contributed by atoms with Gasteiger partial charge in [0.15, 0.2) is 0 Å². The van der Waals surface area contributed by atoms with E-state index in [9.17, 15) is 4.79 Å². The highest BCUT2D eigenvalue weighted by molar-refractivity contribution is 6.31. The zero-order valence-corrected chi connectivity index (χ0v) is 14.3. The van der Waals surface area contributed by atoms with Crippen molar-refractivity contribution in [1.29, 1.82) is 0 Å². The lowest BCUT2D eigenvalue weighted by molar-refractivity contribution is -0.130. The molecule has 2 aromatic rings. The second-order valence-corrected chi connectivity index (χ2v) is 6.02. The van der Waals surface area contributed by atoms with E-state index in [1.54, 1.807) is 4.90 Å². The first-order valence-corrected chi connectivity index (χ1v) is 7.74. The Labute approximate surface area is 136 Å². The Hall–Kier alpha value is -1.81. The molecule has 1 heterocycles. The molecule has 0 aliphatic heterocycles. The molecule has 0 atom stereocenters. The highest BCUT2D eigenvalue weighted by Crippen LogP contribution is 2.18. The number of rotatable bonds is 5. The van der Waals surface area contributed by atoms with Crippen molar-refractivity contribution in [3.05, 3.63) is 51.8 Å². The minimum atomic E-state index is 0.113. The molecule has 5 heteroatoms. The average Bonchev–Trinajstić information content (AvgIpc) is 2.72. The maximum Gasteiger partial charge on any atom is 0.222 e. The second kappa shape index (κ2) is 6.97. The molecule has 1 aromatic heterocycles. The fraction of sp³-hybridized carbons (Fsp3) is 0.412. The topological polar surface area (TPSA) is 38.1 Å². The van der Waals surface area contributed by atoms with Gasteiger partial charge >= 0.3 is 0 Å². The van der Waals surface area contributed by atoms with E-state index < -0.39 is 0 Å². The summed E-state index contributed by atoms with van der Waals surface area (Å²) in [6.07, 6.45) is 1.20. The second-order valence-electron chi connectivity index (χ2n) is 5.61. The molecule has 1 aromatic carbocycles. The van der Waals surface area contributed by atoms with Crippen LogP contribution in [0.25, 0.3) is 0 Å². The molecule has 0 saturated carbocycles. The van der Waals surface area contributed by atoms with E-state index in [0.717, 1.165) is 23.4 Å². The van der Waals surface area contributed by atoms with Crippen LogP contribution in [0.3, 0.4) is 0 Å². The molecule has 0 fully saturated rings. The first-order valence-electron chi connectivity index (χ1n) is 7.36. The number of carbonyl (C=O) groups is 1. The monoisotopic (exact) mass is 319 g/mol. The Balaban J connectivity index is 1.96. The van der Waals surface area contributed by atoms with Crippen LogP contribution in [0.2, 0.25) is 5.02 Å². The van der Waals surface area contributed by atoms with Gasteiger partial charge in [0, 0.05) is 37.8 Å². The molecule has 0 unspecified atom stereocenters. The van der Waals surface area contributed by atoms with Crippen LogP contribution in [0.5, 0.6) is 0 Å². The largest absolute Gasteiger partial charge is 0.341 e. The van der Waals surface area contributed by atoms with Crippen molar-refractivity contribution in [3.63, 3.8) is 0 Å². The van der Waals surface area contributed by atoms with Gasteiger partial charge in [-0.2, -0.15) is 5.10 Å². The van der Waals surface area contributed by atoms with Crippen molar-refractivity contribution in [2.24, 2.45) is 7.05 Å². The lowest BCUT2D eigenvalue weighted by Gasteiger charge is -2.18. The highest BCUT2D eigenvalue weighted by Gasteiger charge is 2.14. The summed E-state index contributed by atoms with van der Waals surface area (Å²) in [7, 11) is 3.74. The first-order chi connectivity index (χ1) is 10.4. The van der Waals surface area contributed by atoms with Crippen LogP contribution >= 0.6 is 11.6 Å². The molecule has 2 rings (SSSR count). The van der Waals surface area contributed by atoms with Crippen LogP contribution in [0.1, 0.15) is 28.9 Å². The minimum absolute atomic E-state index is 0.113. The van der Waals surface area contributed by atoms with Gasteiger partial charge in [-0.1, -0.05) is 29.8 Å². The summed E-state index contributed by atoms with van der Waals surface area (Å²) in [6, 6.07) is 7.61. The average molecular weight is 320 g/mol. The van der Waals surface area contributed by atoms with Gasteiger partial charge in [0.25, 0.3) is 0 Å². The maximum absolute atomic E-state index is 12.3. The molecule has 118 valence electrons. The van der Waals surface area contributed by atoms with E-state index >= 15 is 0 Å². The van der Waals surface area contributed by atoms with Crippen molar-refractivity contribution in [2.45, 2.75) is 33.2 Å². The molecule has 0 aliphatic rings. The van der Waals surface area contributed by atoms with Gasteiger partial charge in [-0.15, -0.1) is 0 Å². The Morgan fingerprint density at radius 1 is 1.32 bits per heavy atom. The summed E-state index contributed by atoms with van der Waals surface area (Å²) in [5, 5.41) is 5.08. The third kappa shape index (κ3) is 3.69. The summed E-state index contributed by atoms with van der Waals surface area (Å²) < 4.78 is 1.86. The third-order valence-corrected chi connectivity index (χ3v) is 4.41. The van der Waals surface area contributed by atoms with Gasteiger partial charge in [-0.25, -0.2) is 0 Å². The number of aryl methyl sites for hydroxylation is 2. The minimum Gasteiger partial charge on any atom is -0.341 e. The number of hydrogen-bond donors (Lipinski definition) is 0. The number of nitrogens with zero attached hydrogens (tertiary/aromatic N) is 3. The van der Waals surface area contributed by atoms with Gasteiger partial charge < -0.3 is 4.90 Å². The molecule has 1 amide bonds. The van der Waals surface area contributed by atoms with Gasteiger partial charge in [0.2, 0.25) is 5.91 Å². The summed E-state index contributed by atoms with van der Waals surface area (Å²) in [5.41, 5.74) is 4.26. The maximum atomic E-state index is 12.3. The molecule has 0 aliphatic carbocycles. The number of carbonyl (C=O) groups excluding carboxylic acids is 1. The summed E-state index contributed by atoms with van der Waals surface area (Å²) in [4.78, 5) is 14.0. The Kier molecular flexibility index (Phi) is 5.24. The van der Waals surface area contributed by atoms with Gasteiger partial charge in [-0.05, 0) is 37.5 Å². The van der Waals surface area contributed by atoms with Crippen molar-refractivity contribution < 1.29 is 4.79 Å². The number of benzene rings is 1. The lowest BCUT2D eigenvalue weighted by Crippen LogP contribution is -2.26. The summed E-state index contributed by atoms with van der Waals surface area (Å²) >= 11 is 6.14. The fourth-order valence-corrected chi connectivity index (χ4v) is 2.77. The number of hydrogen-bond acceptors (Lipinski definition) is 2. The van der Waals surface area contributed by atoms with E-state index in [2.05, 4.69) is 5.10 Å². The zero-order chi connectivity index (χ0) is 16.3. The molecule has 4 nitrogen and oxygen atoms in total. The van der Waals surface area contributed by atoms with Gasteiger partial charge in [0.1, 0.15) is 0 Å². The quantitative estimate of drug-likeness (QED) is 0.848. The van der Waals surface area contributed by atoms with Crippen LogP contribution in [-0.2, 0) is 24.8 Å². The highest BCUT2D eigenvalue weighted by atomic mass is 35.5. The van der Waals surface area contributed by atoms with E-state index in [0.29, 0.717) is 18.0 Å². The molecule has 0 radical (unpaired) electrons. The van der Waals surface area contributed by atoms with Gasteiger partial charge in [0.05, 0.1) is 5.69 Å². The Morgan fingerprint density at radius 2 is 2.00 bits per heavy atom. The normalized spacial score (nSPS) is 10.8. The predicted octanol–water partition coefficient (Wildman–Crippen LogP) is 3.28. The summed E-state index contributed by atoms with van der Waals surface area (Å²) in [6.45, 7) is 4.55. The number of halogens is 1. The lowest BCUT2D eigenvalue weighted by atomic mass is 10.1. The third-order valence-electron chi connectivity index (χ3n) is 4.04. The predicted molar refractivity (Wildman–Crippen MR) is 88.9 cm³/mol. The van der Waals surface area contributed by atoms with E-state index in [-0.39, 0.29) is 5.91 Å². The Bertz CT molecular complexity index is 679. The smallest absolute Gasteiger partial charge is 0.222 e. The van der Waals surface area contributed by atoms with Crippen LogP contribution in [0.4, 0.5) is 0 Å². The van der Waals surface area contributed by atoms with Crippen molar-refractivity contribution in [1.82, 2.24) is 14.7 Å². The standard InChI is InChI=1S/C17H22ClN3O/c1-12-15(13(2)21(4)19-12)9-10-17(22)20(3)11-14-7-5-6-8-16(14)18/h5-8H,9-11H2,1-4H3. The van der Waals surface area contributed by atoms with Crippen molar-refractivity contribution in [2.75, 3.05) is 7.05 Å². The van der Waals surface area contributed by atoms with Crippen LogP contribution in [-0.4, -0.2) is 27.6 Å². The molecule has 0 saturated heterocycles. The Morgan fingerprint density at radius 3 is 2.59 bits per heavy atom. The molecule has 22 heavy (non-hydrogen) atoms. The van der Waals surface area contributed by atoms with Crippen LogP contribution in [0.15, 0.2) is 24.3 Å². The fourth-order valence-electron chi connectivity index (χ4n) is 2.57. The molecular formula is C17H22ClN3O.